The molecule has 0 aliphatic carbocycles. The van der Waals surface area contributed by atoms with Crippen molar-refractivity contribution in [3.8, 4) is 16.9 Å². The third kappa shape index (κ3) is 3.21. The van der Waals surface area contributed by atoms with Gasteiger partial charge in [-0.25, -0.2) is 8.78 Å². The molecule has 0 amide bonds. The van der Waals surface area contributed by atoms with Crippen LogP contribution in [0.1, 0.15) is 17.3 Å². The summed E-state index contributed by atoms with van der Waals surface area (Å²) in [5.74, 6) is 0.0902. The maximum absolute atomic E-state index is 14.5. The highest BCUT2D eigenvalue weighted by atomic mass is 19.1. The lowest BCUT2D eigenvalue weighted by molar-refractivity contribution is 0.401. The van der Waals surface area contributed by atoms with Gasteiger partial charge in [0.1, 0.15) is 11.6 Å². The van der Waals surface area contributed by atoms with Crippen LogP contribution >= 0.6 is 0 Å². The first-order valence-electron chi connectivity index (χ1n) is 7.17. The summed E-state index contributed by atoms with van der Waals surface area (Å²) in [4.78, 5) is 3.89. The van der Waals surface area contributed by atoms with E-state index in [4.69, 9.17) is 4.74 Å². The van der Waals surface area contributed by atoms with Crippen LogP contribution in [0.25, 0.3) is 11.1 Å². The number of alkyl halides is 1. The Morgan fingerprint density at radius 3 is 2.22 bits per heavy atom. The molecule has 1 heterocycles. The lowest BCUT2D eigenvalue weighted by Crippen LogP contribution is -1.95. The van der Waals surface area contributed by atoms with Gasteiger partial charge < -0.3 is 4.74 Å². The lowest BCUT2D eigenvalue weighted by Gasteiger charge is -2.12. The summed E-state index contributed by atoms with van der Waals surface area (Å²) in [5, 5.41) is 0. The molecule has 0 radical (unpaired) electrons. The number of ether oxygens (including phenoxy) is 1. The molecular weight excluding hydrogens is 296 g/mol. The average molecular weight is 311 g/mol. The molecule has 2 nitrogen and oxygen atoms in total. The van der Waals surface area contributed by atoms with E-state index in [2.05, 4.69) is 4.98 Å². The van der Waals surface area contributed by atoms with Crippen molar-refractivity contribution in [2.75, 3.05) is 7.11 Å². The van der Waals surface area contributed by atoms with Crippen LogP contribution in [0.2, 0.25) is 0 Å². The Balaban J connectivity index is 1.91. The summed E-state index contributed by atoms with van der Waals surface area (Å²) in [7, 11) is 1.49. The van der Waals surface area contributed by atoms with E-state index in [1.807, 2.05) is 0 Å². The largest absolute Gasteiger partial charge is 0.496 e. The summed E-state index contributed by atoms with van der Waals surface area (Å²) < 4.78 is 33.0. The molecule has 2 aromatic carbocycles. The molecule has 0 saturated heterocycles. The van der Waals surface area contributed by atoms with E-state index in [1.165, 1.54) is 19.2 Å². The minimum absolute atomic E-state index is 0.358. The number of benzene rings is 2. The zero-order valence-corrected chi connectivity index (χ0v) is 12.5. The van der Waals surface area contributed by atoms with E-state index in [1.54, 1.807) is 54.9 Å². The number of methoxy groups -OCH3 is 1. The van der Waals surface area contributed by atoms with Crippen LogP contribution < -0.4 is 4.74 Å². The Morgan fingerprint density at radius 1 is 0.913 bits per heavy atom. The van der Waals surface area contributed by atoms with Gasteiger partial charge in [0.15, 0.2) is 6.17 Å². The van der Waals surface area contributed by atoms with E-state index in [9.17, 15) is 8.78 Å². The molecule has 0 N–H and O–H groups in total. The van der Waals surface area contributed by atoms with Crippen LogP contribution in [-0.2, 0) is 0 Å². The number of nitrogens with zero attached hydrogens (tertiary/aromatic N) is 1. The molecule has 0 saturated carbocycles. The molecule has 116 valence electrons. The first-order valence-corrected chi connectivity index (χ1v) is 7.17. The number of aromatic nitrogens is 1. The van der Waals surface area contributed by atoms with Crippen molar-refractivity contribution in [2.45, 2.75) is 6.17 Å². The average Bonchev–Trinajstić information content (AvgIpc) is 2.62. The van der Waals surface area contributed by atoms with E-state index < -0.39 is 6.17 Å². The SMILES string of the molecule is COc1cc(F)ccc1-c1ccc(C(F)c2ccncc2)cc1. The molecule has 0 fully saturated rings. The standard InChI is InChI=1S/C19H15F2NO/c1-23-18-12-16(20)6-7-17(18)13-2-4-14(5-3-13)19(21)15-8-10-22-11-9-15/h2-12,19H,1H3. The molecule has 0 spiro atoms. The smallest absolute Gasteiger partial charge is 0.150 e. The van der Waals surface area contributed by atoms with Gasteiger partial charge in [-0.3, -0.25) is 4.98 Å². The summed E-state index contributed by atoms with van der Waals surface area (Å²) >= 11 is 0. The minimum atomic E-state index is -1.21. The van der Waals surface area contributed by atoms with Gasteiger partial charge in [0.25, 0.3) is 0 Å². The van der Waals surface area contributed by atoms with Crippen molar-refractivity contribution in [3.05, 3.63) is 83.9 Å². The fourth-order valence-corrected chi connectivity index (χ4v) is 2.46. The predicted octanol–water partition coefficient (Wildman–Crippen LogP) is 4.96. The molecule has 0 aliphatic heterocycles. The van der Waals surface area contributed by atoms with Crippen LogP contribution in [0.5, 0.6) is 5.75 Å². The molecule has 1 unspecified atom stereocenters. The van der Waals surface area contributed by atoms with E-state index >= 15 is 0 Å². The second-order valence-corrected chi connectivity index (χ2v) is 5.11. The summed E-state index contributed by atoms with van der Waals surface area (Å²) in [5.41, 5.74) is 2.72. The second-order valence-electron chi connectivity index (χ2n) is 5.11. The first-order chi connectivity index (χ1) is 11.2. The highest BCUT2D eigenvalue weighted by molar-refractivity contribution is 5.70. The highest BCUT2D eigenvalue weighted by Crippen LogP contribution is 2.32. The number of rotatable bonds is 4. The van der Waals surface area contributed by atoms with Crippen molar-refractivity contribution >= 4 is 0 Å². The van der Waals surface area contributed by atoms with Gasteiger partial charge in [-0.2, -0.15) is 0 Å². The van der Waals surface area contributed by atoms with Gasteiger partial charge in [-0.15, -0.1) is 0 Å². The second kappa shape index (κ2) is 6.57. The Morgan fingerprint density at radius 2 is 1.57 bits per heavy atom. The topological polar surface area (TPSA) is 22.1 Å². The highest BCUT2D eigenvalue weighted by Gasteiger charge is 2.13. The van der Waals surface area contributed by atoms with Crippen LogP contribution in [0.15, 0.2) is 67.0 Å². The Labute approximate surface area is 133 Å². The predicted molar refractivity (Wildman–Crippen MR) is 85.6 cm³/mol. The third-order valence-corrected chi connectivity index (χ3v) is 3.68. The molecule has 4 heteroatoms. The Hall–Kier alpha value is -2.75. The van der Waals surface area contributed by atoms with Crippen LogP contribution in [0, 0.1) is 5.82 Å². The van der Waals surface area contributed by atoms with Crippen LogP contribution in [-0.4, -0.2) is 12.1 Å². The molecule has 1 atom stereocenters. The van der Waals surface area contributed by atoms with Crippen molar-refractivity contribution in [3.63, 3.8) is 0 Å². The van der Waals surface area contributed by atoms with E-state index in [0.29, 0.717) is 16.9 Å². The molecule has 1 aromatic heterocycles. The van der Waals surface area contributed by atoms with Crippen molar-refractivity contribution in [1.82, 2.24) is 4.98 Å². The number of halogens is 2. The normalized spacial score (nSPS) is 12.0. The molecule has 0 bridgehead atoms. The van der Waals surface area contributed by atoms with Gasteiger partial charge in [-0.05, 0) is 41.0 Å². The summed E-state index contributed by atoms with van der Waals surface area (Å²) in [6.07, 6.45) is 1.93. The van der Waals surface area contributed by atoms with E-state index in [-0.39, 0.29) is 5.82 Å². The Kier molecular flexibility index (Phi) is 4.33. The van der Waals surface area contributed by atoms with E-state index in [0.717, 1.165) is 11.1 Å². The molecule has 3 rings (SSSR count). The minimum Gasteiger partial charge on any atom is -0.496 e. The fourth-order valence-electron chi connectivity index (χ4n) is 2.46. The molecule has 0 aliphatic rings. The van der Waals surface area contributed by atoms with Gasteiger partial charge >= 0.3 is 0 Å². The lowest BCUT2D eigenvalue weighted by atomic mass is 9.99. The molecular formula is C19H15F2NO. The van der Waals surface area contributed by atoms with Gasteiger partial charge in [0.2, 0.25) is 0 Å². The zero-order valence-electron chi connectivity index (χ0n) is 12.5. The van der Waals surface area contributed by atoms with Crippen LogP contribution in [0.3, 0.4) is 0 Å². The monoisotopic (exact) mass is 311 g/mol. The quantitative estimate of drug-likeness (QED) is 0.680. The number of hydrogen-bond donors (Lipinski definition) is 0. The maximum Gasteiger partial charge on any atom is 0.150 e. The maximum atomic E-state index is 14.5. The van der Waals surface area contributed by atoms with Crippen molar-refractivity contribution in [2.24, 2.45) is 0 Å². The van der Waals surface area contributed by atoms with Crippen molar-refractivity contribution in [1.29, 1.82) is 0 Å². The van der Waals surface area contributed by atoms with Gasteiger partial charge in [-0.1, -0.05) is 24.3 Å². The van der Waals surface area contributed by atoms with Crippen LogP contribution in [0.4, 0.5) is 8.78 Å². The summed E-state index contributed by atoms with van der Waals surface area (Å²) in [6, 6.07) is 14.7. The third-order valence-electron chi connectivity index (χ3n) is 3.68. The first kappa shape index (κ1) is 15.2. The molecule has 23 heavy (non-hydrogen) atoms. The number of hydrogen-bond acceptors (Lipinski definition) is 2. The number of pyridine rings is 1. The molecule has 3 aromatic rings. The van der Waals surface area contributed by atoms with Gasteiger partial charge in [0, 0.05) is 24.0 Å². The fraction of sp³-hybridized carbons (Fsp3) is 0.105. The Bertz CT molecular complexity index is 788. The summed E-state index contributed by atoms with van der Waals surface area (Å²) in [6.45, 7) is 0. The van der Waals surface area contributed by atoms with Gasteiger partial charge in [0.05, 0.1) is 7.11 Å². The zero-order chi connectivity index (χ0) is 16.2. The van der Waals surface area contributed by atoms with Crippen molar-refractivity contribution < 1.29 is 13.5 Å².